The van der Waals surface area contributed by atoms with Crippen LogP contribution in [-0.4, -0.2) is 59.0 Å². The second-order valence-electron chi connectivity index (χ2n) is 10.1. The summed E-state index contributed by atoms with van der Waals surface area (Å²) in [7, 11) is 0. The van der Waals surface area contributed by atoms with Crippen molar-refractivity contribution in [2.75, 3.05) is 36.5 Å². The van der Waals surface area contributed by atoms with Crippen LogP contribution in [-0.2, 0) is 22.5 Å². The minimum absolute atomic E-state index is 0.0462. The van der Waals surface area contributed by atoms with Crippen LogP contribution in [0.3, 0.4) is 0 Å². The number of hydrogen-bond donors (Lipinski definition) is 1. The van der Waals surface area contributed by atoms with Gasteiger partial charge in [-0.2, -0.15) is 0 Å². The lowest BCUT2D eigenvalue weighted by molar-refractivity contribution is -0.119. The van der Waals surface area contributed by atoms with Gasteiger partial charge in [-0.05, 0) is 55.4 Å². The number of benzene rings is 2. The molecule has 38 heavy (non-hydrogen) atoms. The Kier molecular flexibility index (Phi) is 7.00. The zero-order valence-electron chi connectivity index (χ0n) is 21.2. The molecule has 4 heterocycles. The normalized spacial score (nSPS) is 17.7. The number of para-hydroxylation sites is 1. The summed E-state index contributed by atoms with van der Waals surface area (Å²) < 4.78 is 5.43. The van der Waals surface area contributed by atoms with E-state index in [0.29, 0.717) is 48.5 Å². The summed E-state index contributed by atoms with van der Waals surface area (Å²) in [5.74, 6) is 0.306. The molecule has 6 rings (SSSR count). The predicted octanol–water partition coefficient (Wildman–Crippen LogP) is 4.71. The Hall–Kier alpha value is -3.49. The molecule has 1 N–H and O–H groups in total. The van der Waals surface area contributed by atoms with E-state index < -0.39 is 0 Å². The largest absolute Gasteiger partial charge is 0.381 e. The van der Waals surface area contributed by atoms with Crippen LogP contribution >= 0.6 is 11.6 Å². The summed E-state index contributed by atoms with van der Waals surface area (Å²) in [6, 6.07) is 14.0. The fourth-order valence-electron chi connectivity index (χ4n) is 5.50. The molecule has 0 radical (unpaired) electrons. The summed E-state index contributed by atoms with van der Waals surface area (Å²) in [6.45, 7) is 2.56. The number of nitrogens with one attached hydrogen (secondary N) is 1. The highest BCUT2D eigenvalue weighted by Crippen LogP contribution is 2.32. The maximum Gasteiger partial charge on any atom is 0.254 e. The van der Waals surface area contributed by atoms with Crippen molar-refractivity contribution in [3.8, 4) is 11.3 Å². The SMILES string of the molecule is O=C1c2cc(-c3nc(NC4CCOCC4)ncc3Cl)ccc2CN1CC(=O)N1CCCCc2ccccc21. The van der Waals surface area contributed by atoms with Crippen LogP contribution in [0.4, 0.5) is 11.6 Å². The van der Waals surface area contributed by atoms with Crippen molar-refractivity contribution in [2.45, 2.75) is 44.7 Å². The number of aryl methyl sites for hydroxylation is 1. The Morgan fingerprint density at radius 2 is 1.95 bits per heavy atom. The van der Waals surface area contributed by atoms with Crippen molar-refractivity contribution in [3.63, 3.8) is 0 Å². The predicted molar refractivity (Wildman–Crippen MR) is 146 cm³/mol. The first-order valence-corrected chi connectivity index (χ1v) is 13.6. The maximum absolute atomic E-state index is 13.4. The Balaban J connectivity index is 1.19. The number of rotatable bonds is 5. The van der Waals surface area contributed by atoms with Gasteiger partial charge >= 0.3 is 0 Å². The van der Waals surface area contributed by atoms with E-state index in [1.54, 1.807) is 11.1 Å². The van der Waals surface area contributed by atoms with Gasteiger partial charge in [0, 0.05) is 49.2 Å². The van der Waals surface area contributed by atoms with Crippen LogP contribution in [0.2, 0.25) is 5.02 Å². The van der Waals surface area contributed by atoms with Crippen LogP contribution in [0.15, 0.2) is 48.7 Å². The zero-order chi connectivity index (χ0) is 26.1. The van der Waals surface area contributed by atoms with E-state index >= 15 is 0 Å². The molecule has 0 atom stereocenters. The van der Waals surface area contributed by atoms with Crippen LogP contribution in [0.25, 0.3) is 11.3 Å². The first-order valence-electron chi connectivity index (χ1n) is 13.2. The molecule has 196 valence electrons. The third kappa shape index (κ3) is 4.98. The van der Waals surface area contributed by atoms with E-state index in [1.807, 2.05) is 41.3 Å². The maximum atomic E-state index is 13.4. The Morgan fingerprint density at radius 3 is 2.82 bits per heavy atom. The lowest BCUT2D eigenvalue weighted by Crippen LogP contribution is -2.41. The van der Waals surface area contributed by atoms with E-state index in [2.05, 4.69) is 21.4 Å². The fraction of sp³-hybridized carbons (Fsp3) is 0.379. The topological polar surface area (TPSA) is 87.7 Å². The number of halogens is 1. The molecule has 3 aromatic rings. The molecule has 2 amide bonds. The molecular weight excluding hydrogens is 502 g/mol. The summed E-state index contributed by atoms with van der Waals surface area (Å²) in [5, 5.41) is 3.79. The van der Waals surface area contributed by atoms with Crippen molar-refractivity contribution in [2.24, 2.45) is 0 Å². The molecule has 9 heteroatoms. The number of hydrogen-bond acceptors (Lipinski definition) is 6. The smallest absolute Gasteiger partial charge is 0.254 e. The molecular formula is C29H30ClN5O3. The number of nitrogens with zero attached hydrogens (tertiary/aromatic N) is 4. The number of anilines is 2. The molecule has 3 aliphatic rings. The first-order chi connectivity index (χ1) is 18.6. The van der Waals surface area contributed by atoms with Crippen LogP contribution < -0.4 is 10.2 Å². The molecule has 8 nitrogen and oxygen atoms in total. The van der Waals surface area contributed by atoms with E-state index in [1.165, 1.54) is 5.56 Å². The highest BCUT2D eigenvalue weighted by atomic mass is 35.5. The molecule has 0 spiro atoms. The highest BCUT2D eigenvalue weighted by Gasteiger charge is 2.32. The van der Waals surface area contributed by atoms with Gasteiger partial charge in [0.15, 0.2) is 0 Å². The quantitative estimate of drug-likeness (QED) is 0.513. The number of carbonyl (C=O) groups is 2. The van der Waals surface area contributed by atoms with Gasteiger partial charge in [0.1, 0.15) is 6.54 Å². The molecule has 0 aliphatic carbocycles. The minimum Gasteiger partial charge on any atom is -0.381 e. The standard InChI is InChI=1S/C29H30ClN5O3/c30-24-16-31-29(32-22-10-13-38-14-11-22)33-27(24)20-8-9-21-17-34(28(37)23(21)15-20)18-26(36)35-12-4-3-6-19-5-1-2-7-25(19)35/h1-2,5,7-9,15-16,22H,3-4,6,10-14,17-18H2,(H,31,32,33). The molecule has 3 aliphatic heterocycles. The third-order valence-electron chi connectivity index (χ3n) is 7.55. The lowest BCUT2D eigenvalue weighted by atomic mass is 10.0. The molecule has 1 aromatic heterocycles. The highest BCUT2D eigenvalue weighted by molar-refractivity contribution is 6.33. The van der Waals surface area contributed by atoms with Crippen LogP contribution in [0.1, 0.15) is 47.2 Å². The molecule has 0 saturated carbocycles. The van der Waals surface area contributed by atoms with Gasteiger partial charge in [0.2, 0.25) is 11.9 Å². The summed E-state index contributed by atoms with van der Waals surface area (Å²) in [6.07, 6.45) is 6.34. The van der Waals surface area contributed by atoms with Gasteiger partial charge in [-0.15, -0.1) is 0 Å². The van der Waals surface area contributed by atoms with Crippen molar-refractivity contribution in [1.82, 2.24) is 14.9 Å². The Bertz CT molecular complexity index is 1370. The van der Waals surface area contributed by atoms with E-state index in [4.69, 9.17) is 16.3 Å². The second-order valence-corrected chi connectivity index (χ2v) is 10.5. The van der Waals surface area contributed by atoms with Crippen LogP contribution in [0.5, 0.6) is 0 Å². The average Bonchev–Trinajstić information content (AvgIpc) is 3.10. The molecule has 2 aromatic carbocycles. The Morgan fingerprint density at radius 1 is 1.11 bits per heavy atom. The summed E-state index contributed by atoms with van der Waals surface area (Å²) >= 11 is 6.48. The van der Waals surface area contributed by atoms with Gasteiger partial charge in [0.05, 0.1) is 16.9 Å². The van der Waals surface area contributed by atoms with E-state index in [9.17, 15) is 9.59 Å². The number of carbonyl (C=O) groups excluding carboxylic acids is 2. The van der Waals surface area contributed by atoms with Crippen molar-refractivity contribution in [3.05, 3.63) is 70.4 Å². The average molecular weight is 532 g/mol. The van der Waals surface area contributed by atoms with Gasteiger partial charge in [-0.3, -0.25) is 9.59 Å². The molecule has 1 fully saturated rings. The zero-order valence-corrected chi connectivity index (χ0v) is 21.9. The molecule has 0 bridgehead atoms. The minimum atomic E-state index is -0.149. The fourth-order valence-corrected chi connectivity index (χ4v) is 5.70. The first kappa shape index (κ1) is 24.8. The number of aromatic nitrogens is 2. The van der Waals surface area contributed by atoms with Gasteiger partial charge in [-0.1, -0.05) is 41.9 Å². The third-order valence-corrected chi connectivity index (χ3v) is 7.82. The monoisotopic (exact) mass is 531 g/mol. The van der Waals surface area contributed by atoms with E-state index in [-0.39, 0.29) is 24.4 Å². The lowest BCUT2D eigenvalue weighted by Gasteiger charge is -2.25. The second kappa shape index (κ2) is 10.7. The number of fused-ring (bicyclic) bond motifs is 2. The summed E-state index contributed by atoms with van der Waals surface area (Å²) in [5.41, 5.74) is 4.95. The van der Waals surface area contributed by atoms with Gasteiger partial charge in [0.25, 0.3) is 5.91 Å². The Labute approximate surface area is 227 Å². The van der Waals surface area contributed by atoms with Crippen LogP contribution in [0, 0.1) is 0 Å². The van der Waals surface area contributed by atoms with E-state index in [0.717, 1.165) is 48.9 Å². The summed E-state index contributed by atoms with van der Waals surface area (Å²) in [4.78, 5) is 39.3. The van der Waals surface area contributed by atoms with Crippen molar-refractivity contribution >= 4 is 35.1 Å². The molecule has 0 unspecified atom stereocenters. The van der Waals surface area contributed by atoms with Gasteiger partial charge in [-0.25, -0.2) is 9.97 Å². The van der Waals surface area contributed by atoms with Gasteiger partial charge < -0.3 is 19.9 Å². The number of ether oxygens (including phenoxy) is 1. The van der Waals surface area contributed by atoms with Crippen molar-refractivity contribution in [1.29, 1.82) is 0 Å². The molecule has 1 saturated heterocycles. The number of amides is 2. The van der Waals surface area contributed by atoms with Crippen molar-refractivity contribution < 1.29 is 14.3 Å².